The zero-order valence-electron chi connectivity index (χ0n) is 11.9. The minimum Gasteiger partial charge on any atom is -0.467 e. The van der Waals surface area contributed by atoms with Crippen LogP contribution in [0.3, 0.4) is 0 Å². The van der Waals surface area contributed by atoms with E-state index >= 15 is 0 Å². The van der Waals surface area contributed by atoms with E-state index in [1.807, 2.05) is 19.1 Å². The summed E-state index contributed by atoms with van der Waals surface area (Å²) in [6.45, 7) is 3.85. The van der Waals surface area contributed by atoms with Crippen molar-refractivity contribution in [2.45, 2.75) is 26.0 Å². The monoisotopic (exact) mass is 355 g/mol. The minimum absolute atomic E-state index is 0.0347. The van der Waals surface area contributed by atoms with Crippen LogP contribution in [0.15, 0.2) is 45.5 Å². The second kappa shape index (κ2) is 8.32. The molecule has 3 nitrogen and oxygen atoms in total. The highest BCUT2D eigenvalue weighted by atomic mass is 79.9. The van der Waals surface area contributed by atoms with Gasteiger partial charge in [-0.2, -0.15) is 0 Å². The predicted octanol–water partition coefficient (Wildman–Crippen LogP) is 4.44. The molecule has 114 valence electrons. The average Bonchev–Trinajstić information content (AvgIpc) is 2.98. The number of nitrogens with one attached hydrogen (secondary N) is 1. The largest absolute Gasteiger partial charge is 0.467 e. The number of hydrogen-bond acceptors (Lipinski definition) is 3. The van der Waals surface area contributed by atoms with Gasteiger partial charge < -0.3 is 14.5 Å². The molecule has 0 fully saturated rings. The van der Waals surface area contributed by atoms with E-state index in [0.717, 1.165) is 23.2 Å². The third-order valence-corrected chi connectivity index (χ3v) is 3.66. The first-order chi connectivity index (χ1) is 10.2. The Morgan fingerprint density at radius 2 is 2.24 bits per heavy atom. The molecule has 1 heterocycles. The van der Waals surface area contributed by atoms with E-state index in [4.69, 9.17) is 9.15 Å². The summed E-state index contributed by atoms with van der Waals surface area (Å²) < 4.78 is 25.3. The van der Waals surface area contributed by atoms with Gasteiger partial charge in [-0.05, 0) is 50.2 Å². The van der Waals surface area contributed by atoms with Crippen LogP contribution in [0.4, 0.5) is 4.39 Å². The van der Waals surface area contributed by atoms with Gasteiger partial charge in [0.2, 0.25) is 0 Å². The zero-order valence-corrected chi connectivity index (χ0v) is 13.5. The number of ether oxygens (including phenoxy) is 1. The van der Waals surface area contributed by atoms with Crippen LogP contribution >= 0.6 is 15.9 Å². The Morgan fingerprint density at radius 3 is 3.00 bits per heavy atom. The fraction of sp³-hybridized carbons (Fsp3) is 0.375. The SMILES string of the molecule is CC(NCCCOCc1ccco1)c1cc(Br)ccc1F. The standard InChI is InChI=1S/C16H19BrFNO2/c1-12(15-10-13(17)5-6-16(15)18)19-7-3-8-20-11-14-4-2-9-21-14/h2,4-6,9-10,12,19H,3,7-8,11H2,1H3. The topological polar surface area (TPSA) is 34.4 Å². The summed E-state index contributed by atoms with van der Waals surface area (Å²) in [5.41, 5.74) is 0.667. The van der Waals surface area contributed by atoms with Crippen LogP contribution in [0.5, 0.6) is 0 Å². The maximum absolute atomic E-state index is 13.7. The first-order valence-electron chi connectivity index (χ1n) is 6.95. The van der Waals surface area contributed by atoms with E-state index in [9.17, 15) is 4.39 Å². The molecule has 1 aromatic carbocycles. The molecule has 1 aromatic heterocycles. The Kier molecular flexibility index (Phi) is 6.42. The Hall–Kier alpha value is -1.17. The molecule has 1 N–H and O–H groups in total. The molecule has 5 heteroatoms. The van der Waals surface area contributed by atoms with Gasteiger partial charge in [0.25, 0.3) is 0 Å². The van der Waals surface area contributed by atoms with Crippen LogP contribution in [-0.4, -0.2) is 13.2 Å². The molecule has 21 heavy (non-hydrogen) atoms. The van der Waals surface area contributed by atoms with Crippen molar-refractivity contribution in [2.75, 3.05) is 13.2 Å². The number of halogens is 2. The number of hydrogen-bond donors (Lipinski definition) is 1. The van der Waals surface area contributed by atoms with Gasteiger partial charge in [-0.3, -0.25) is 0 Å². The smallest absolute Gasteiger partial charge is 0.129 e. The van der Waals surface area contributed by atoms with E-state index in [2.05, 4.69) is 21.2 Å². The van der Waals surface area contributed by atoms with Crippen molar-refractivity contribution >= 4 is 15.9 Å². The van der Waals surface area contributed by atoms with Gasteiger partial charge in [0.1, 0.15) is 18.2 Å². The van der Waals surface area contributed by atoms with Crippen molar-refractivity contribution in [1.82, 2.24) is 5.32 Å². The average molecular weight is 356 g/mol. The van der Waals surface area contributed by atoms with Crippen molar-refractivity contribution in [3.63, 3.8) is 0 Å². The van der Waals surface area contributed by atoms with Gasteiger partial charge >= 0.3 is 0 Å². The number of furan rings is 1. The maximum Gasteiger partial charge on any atom is 0.129 e. The van der Waals surface area contributed by atoms with Gasteiger partial charge in [-0.25, -0.2) is 4.39 Å². The highest BCUT2D eigenvalue weighted by Gasteiger charge is 2.10. The Bertz CT molecular complexity index is 545. The van der Waals surface area contributed by atoms with Crippen LogP contribution in [0, 0.1) is 5.82 Å². The molecule has 0 aliphatic rings. The summed E-state index contributed by atoms with van der Waals surface area (Å²) >= 11 is 3.36. The van der Waals surface area contributed by atoms with Gasteiger partial charge in [0.15, 0.2) is 0 Å². The third kappa shape index (κ3) is 5.26. The quantitative estimate of drug-likeness (QED) is 0.710. The second-order valence-electron chi connectivity index (χ2n) is 4.83. The lowest BCUT2D eigenvalue weighted by molar-refractivity contribution is 0.103. The molecule has 0 aliphatic heterocycles. The molecule has 2 rings (SSSR count). The molecule has 1 unspecified atom stereocenters. The van der Waals surface area contributed by atoms with Gasteiger partial charge in [-0.1, -0.05) is 15.9 Å². The van der Waals surface area contributed by atoms with Crippen molar-refractivity contribution in [3.8, 4) is 0 Å². The molecule has 0 radical (unpaired) electrons. The predicted molar refractivity (Wildman–Crippen MR) is 83.5 cm³/mol. The first-order valence-corrected chi connectivity index (χ1v) is 7.74. The van der Waals surface area contributed by atoms with E-state index in [1.54, 1.807) is 18.4 Å². The fourth-order valence-electron chi connectivity index (χ4n) is 2.02. The molecule has 0 spiro atoms. The van der Waals surface area contributed by atoms with Crippen LogP contribution in [0.2, 0.25) is 0 Å². The third-order valence-electron chi connectivity index (χ3n) is 3.16. The number of rotatable bonds is 8. The zero-order chi connectivity index (χ0) is 15.1. The number of benzene rings is 1. The Morgan fingerprint density at radius 1 is 1.38 bits per heavy atom. The molecule has 0 amide bonds. The van der Waals surface area contributed by atoms with Crippen molar-refractivity contribution in [1.29, 1.82) is 0 Å². The van der Waals surface area contributed by atoms with E-state index < -0.39 is 0 Å². The van der Waals surface area contributed by atoms with E-state index in [0.29, 0.717) is 18.8 Å². The summed E-state index contributed by atoms with van der Waals surface area (Å²) in [7, 11) is 0. The van der Waals surface area contributed by atoms with Gasteiger partial charge in [0, 0.05) is 22.7 Å². The molecular formula is C16H19BrFNO2. The van der Waals surface area contributed by atoms with Gasteiger partial charge in [0.05, 0.1) is 6.26 Å². The molecule has 0 saturated heterocycles. The van der Waals surface area contributed by atoms with Crippen LogP contribution in [0.25, 0.3) is 0 Å². The minimum atomic E-state index is -0.188. The first kappa shape index (κ1) is 16.2. The summed E-state index contributed by atoms with van der Waals surface area (Å²) in [6, 6.07) is 8.68. The molecule has 2 aromatic rings. The van der Waals surface area contributed by atoms with Crippen molar-refractivity contribution < 1.29 is 13.5 Å². The maximum atomic E-state index is 13.7. The summed E-state index contributed by atoms with van der Waals surface area (Å²) in [5.74, 6) is 0.639. The Balaban J connectivity index is 1.65. The lowest BCUT2D eigenvalue weighted by Crippen LogP contribution is -2.21. The van der Waals surface area contributed by atoms with Gasteiger partial charge in [-0.15, -0.1) is 0 Å². The van der Waals surface area contributed by atoms with Crippen LogP contribution in [-0.2, 0) is 11.3 Å². The summed E-state index contributed by atoms with van der Waals surface area (Å²) in [4.78, 5) is 0. The summed E-state index contributed by atoms with van der Waals surface area (Å²) in [5, 5.41) is 3.30. The van der Waals surface area contributed by atoms with Crippen molar-refractivity contribution in [3.05, 3.63) is 58.2 Å². The normalized spacial score (nSPS) is 12.5. The van der Waals surface area contributed by atoms with E-state index in [1.165, 1.54) is 6.07 Å². The fourth-order valence-corrected chi connectivity index (χ4v) is 2.40. The van der Waals surface area contributed by atoms with E-state index in [-0.39, 0.29) is 11.9 Å². The Labute approximate surface area is 132 Å². The lowest BCUT2D eigenvalue weighted by atomic mass is 10.1. The highest BCUT2D eigenvalue weighted by Crippen LogP contribution is 2.21. The highest BCUT2D eigenvalue weighted by molar-refractivity contribution is 9.10. The molecule has 0 bridgehead atoms. The molecule has 1 atom stereocenters. The van der Waals surface area contributed by atoms with Crippen LogP contribution < -0.4 is 5.32 Å². The molecular weight excluding hydrogens is 337 g/mol. The van der Waals surface area contributed by atoms with Crippen LogP contribution in [0.1, 0.15) is 30.7 Å². The second-order valence-corrected chi connectivity index (χ2v) is 5.74. The molecule has 0 saturated carbocycles. The summed E-state index contributed by atoms with van der Waals surface area (Å²) in [6.07, 6.45) is 2.50. The molecule has 0 aliphatic carbocycles. The lowest BCUT2D eigenvalue weighted by Gasteiger charge is -2.15. The van der Waals surface area contributed by atoms with Crippen molar-refractivity contribution in [2.24, 2.45) is 0 Å².